The van der Waals surface area contributed by atoms with Gasteiger partial charge in [0.1, 0.15) is 4.99 Å². The van der Waals surface area contributed by atoms with Gasteiger partial charge in [-0.25, -0.2) is 4.79 Å². The topological polar surface area (TPSA) is 49.3 Å². The molecule has 0 saturated heterocycles. The molecule has 19 heavy (non-hydrogen) atoms. The van der Waals surface area contributed by atoms with Crippen LogP contribution < -0.4 is 5.32 Å². The molecule has 0 fully saturated rings. The summed E-state index contributed by atoms with van der Waals surface area (Å²) in [6.45, 7) is 0. The molecule has 2 rings (SSSR count). The minimum Gasteiger partial charge on any atom is -0.479 e. The van der Waals surface area contributed by atoms with E-state index in [1.807, 2.05) is 36.4 Å². The second kappa shape index (κ2) is 6.11. The number of carbonyl (C=O) groups is 1. The van der Waals surface area contributed by atoms with Gasteiger partial charge in [0.25, 0.3) is 0 Å². The average molecular weight is 271 g/mol. The molecule has 0 amide bonds. The first kappa shape index (κ1) is 13.2. The van der Waals surface area contributed by atoms with Crippen LogP contribution in [0.25, 0.3) is 0 Å². The van der Waals surface area contributed by atoms with Crippen LogP contribution in [0.5, 0.6) is 0 Å². The molecule has 96 valence electrons. The number of hydrogen-bond acceptors (Lipinski definition) is 2. The third kappa shape index (κ3) is 3.39. The summed E-state index contributed by atoms with van der Waals surface area (Å²) in [4.78, 5) is 11.8. The Morgan fingerprint density at radius 2 is 1.53 bits per heavy atom. The minimum atomic E-state index is -0.954. The van der Waals surface area contributed by atoms with Crippen LogP contribution in [-0.2, 0) is 4.79 Å². The predicted molar refractivity (Wildman–Crippen MR) is 78.1 cm³/mol. The maximum Gasteiger partial charge on any atom is 0.330 e. The molecule has 0 radical (unpaired) electrons. The molecule has 0 aliphatic carbocycles. The molecular weight excluding hydrogens is 258 g/mol. The first-order valence-electron chi connectivity index (χ1n) is 5.82. The molecule has 3 nitrogen and oxygen atoms in total. The van der Waals surface area contributed by atoms with Gasteiger partial charge in [0.05, 0.1) is 0 Å². The monoisotopic (exact) mass is 271 g/mol. The van der Waals surface area contributed by atoms with Crippen LogP contribution in [-0.4, -0.2) is 16.1 Å². The highest BCUT2D eigenvalue weighted by Crippen LogP contribution is 2.14. The van der Waals surface area contributed by atoms with E-state index in [1.54, 1.807) is 24.3 Å². The van der Waals surface area contributed by atoms with Crippen molar-refractivity contribution in [3.63, 3.8) is 0 Å². The summed E-state index contributed by atoms with van der Waals surface area (Å²) in [5.74, 6) is -0.954. The summed E-state index contributed by atoms with van der Waals surface area (Å²) < 4.78 is 0. The Labute approximate surface area is 116 Å². The molecule has 1 atom stereocenters. The Balaban J connectivity index is 2.19. The number of rotatable bonds is 4. The van der Waals surface area contributed by atoms with E-state index in [-0.39, 0.29) is 0 Å². The van der Waals surface area contributed by atoms with Gasteiger partial charge < -0.3 is 10.4 Å². The molecule has 2 aromatic rings. The molecule has 0 spiro atoms. The summed E-state index contributed by atoms with van der Waals surface area (Å²) in [5.41, 5.74) is 1.48. The van der Waals surface area contributed by atoms with Crippen molar-refractivity contribution in [3.05, 3.63) is 71.8 Å². The maximum absolute atomic E-state index is 11.3. The largest absolute Gasteiger partial charge is 0.479 e. The van der Waals surface area contributed by atoms with Gasteiger partial charge in [0, 0.05) is 5.56 Å². The SMILES string of the molecule is O=C(O)C(NC(=S)c1ccccc1)c1ccccc1. The number of aliphatic carboxylic acids is 1. The van der Waals surface area contributed by atoms with Crippen LogP contribution in [0.1, 0.15) is 17.2 Å². The predicted octanol–water partition coefficient (Wildman–Crippen LogP) is 2.78. The smallest absolute Gasteiger partial charge is 0.330 e. The van der Waals surface area contributed by atoms with Crippen LogP contribution in [0.3, 0.4) is 0 Å². The van der Waals surface area contributed by atoms with Gasteiger partial charge in [-0.3, -0.25) is 0 Å². The number of carboxylic acid groups (broad SMARTS) is 1. The zero-order chi connectivity index (χ0) is 13.7. The second-order valence-electron chi connectivity index (χ2n) is 4.02. The lowest BCUT2D eigenvalue weighted by atomic mass is 10.1. The number of thiocarbonyl (C=S) groups is 1. The summed E-state index contributed by atoms with van der Waals surface area (Å²) in [6.07, 6.45) is 0. The summed E-state index contributed by atoms with van der Waals surface area (Å²) in [7, 11) is 0. The zero-order valence-electron chi connectivity index (χ0n) is 10.1. The van der Waals surface area contributed by atoms with Crippen LogP contribution >= 0.6 is 12.2 Å². The summed E-state index contributed by atoms with van der Waals surface area (Å²) in [6, 6.07) is 17.4. The van der Waals surface area contributed by atoms with Crippen LogP contribution in [0, 0.1) is 0 Å². The van der Waals surface area contributed by atoms with Gasteiger partial charge in [-0.2, -0.15) is 0 Å². The molecular formula is C15H13NO2S. The maximum atomic E-state index is 11.3. The highest BCUT2D eigenvalue weighted by atomic mass is 32.1. The molecule has 4 heteroatoms. The Morgan fingerprint density at radius 3 is 2.05 bits per heavy atom. The quantitative estimate of drug-likeness (QED) is 0.840. The molecule has 1 unspecified atom stereocenters. The van der Waals surface area contributed by atoms with Gasteiger partial charge in [-0.05, 0) is 5.56 Å². The number of nitrogens with one attached hydrogen (secondary N) is 1. The molecule has 0 bridgehead atoms. The van der Waals surface area contributed by atoms with Gasteiger partial charge in [-0.15, -0.1) is 0 Å². The third-order valence-electron chi connectivity index (χ3n) is 2.69. The van der Waals surface area contributed by atoms with E-state index in [9.17, 15) is 9.90 Å². The first-order chi connectivity index (χ1) is 9.18. The van der Waals surface area contributed by atoms with E-state index in [0.717, 1.165) is 5.56 Å². The van der Waals surface area contributed by atoms with Crippen molar-refractivity contribution in [2.45, 2.75) is 6.04 Å². The molecule has 0 aliphatic heterocycles. The first-order valence-corrected chi connectivity index (χ1v) is 6.23. The normalized spacial score (nSPS) is 11.6. The molecule has 0 aliphatic rings. The fourth-order valence-corrected chi connectivity index (χ4v) is 1.99. The van der Waals surface area contributed by atoms with E-state index in [0.29, 0.717) is 10.6 Å². The van der Waals surface area contributed by atoms with E-state index >= 15 is 0 Å². The highest BCUT2D eigenvalue weighted by molar-refractivity contribution is 7.80. The van der Waals surface area contributed by atoms with Crippen molar-refractivity contribution in [3.8, 4) is 0 Å². The zero-order valence-corrected chi connectivity index (χ0v) is 10.9. The van der Waals surface area contributed by atoms with E-state index in [2.05, 4.69) is 5.32 Å². The van der Waals surface area contributed by atoms with Crippen molar-refractivity contribution in [1.82, 2.24) is 5.32 Å². The number of benzene rings is 2. The van der Waals surface area contributed by atoms with E-state index in [1.165, 1.54) is 0 Å². The van der Waals surface area contributed by atoms with E-state index in [4.69, 9.17) is 12.2 Å². The minimum absolute atomic E-state index is 0.428. The van der Waals surface area contributed by atoms with Crippen LogP contribution in [0.4, 0.5) is 0 Å². The lowest BCUT2D eigenvalue weighted by Gasteiger charge is -2.16. The summed E-state index contributed by atoms with van der Waals surface area (Å²) in [5, 5.41) is 12.2. The van der Waals surface area contributed by atoms with Gasteiger partial charge in [0.2, 0.25) is 0 Å². The molecule has 0 heterocycles. The van der Waals surface area contributed by atoms with Gasteiger partial charge in [-0.1, -0.05) is 72.9 Å². The second-order valence-corrected chi connectivity index (χ2v) is 4.43. The van der Waals surface area contributed by atoms with Gasteiger partial charge in [0.15, 0.2) is 6.04 Å². The molecule has 0 aromatic heterocycles. The van der Waals surface area contributed by atoms with Crippen molar-refractivity contribution in [1.29, 1.82) is 0 Å². The van der Waals surface area contributed by atoms with Gasteiger partial charge >= 0.3 is 5.97 Å². The summed E-state index contributed by atoms with van der Waals surface area (Å²) >= 11 is 5.24. The standard InChI is InChI=1S/C15H13NO2S/c17-15(18)13(11-7-3-1-4-8-11)16-14(19)12-9-5-2-6-10-12/h1-10,13H,(H,16,19)(H,17,18). The Bertz CT molecular complexity index is 569. The average Bonchev–Trinajstić information content (AvgIpc) is 2.46. The van der Waals surface area contributed by atoms with Crippen molar-refractivity contribution < 1.29 is 9.90 Å². The van der Waals surface area contributed by atoms with Crippen LogP contribution in [0.15, 0.2) is 60.7 Å². The highest BCUT2D eigenvalue weighted by Gasteiger charge is 2.20. The van der Waals surface area contributed by atoms with E-state index < -0.39 is 12.0 Å². The molecule has 2 N–H and O–H groups in total. The Hall–Kier alpha value is -2.20. The fourth-order valence-electron chi connectivity index (χ4n) is 1.74. The van der Waals surface area contributed by atoms with Crippen molar-refractivity contribution in [2.75, 3.05) is 0 Å². The Morgan fingerprint density at radius 1 is 1.00 bits per heavy atom. The lowest BCUT2D eigenvalue weighted by Crippen LogP contribution is -2.33. The Kier molecular flexibility index (Phi) is 4.26. The van der Waals surface area contributed by atoms with Crippen molar-refractivity contribution >= 4 is 23.2 Å². The van der Waals surface area contributed by atoms with Crippen molar-refractivity contribution in [2.24, 2.45) is 0 Å². The third-order valence-corrected chi connectivity index (χ3v) is 3.04. The number of hydrogen-bond donors (Lipinski definition) is 2. The molecule has 0 saturated carbocycles. The van der Waals surface area contributed by atoms with Crippen LogP contribution in [0.2, 0.25) is 0 Å². The number of carboxylic acids is 1. The molecule has 2 aromatic carbocycles. The fraction of sp³-hybridized carbons (Fsp3) is 0.0667. The lowest BCUT2D eigenvalue weighted by molar-refractivity contribution is -0.139.